The van der Waals surface area contributed by atoms with Crippen LogP contribution in [0.5, 0.6) is 0 Å². The number of rotatable bonds is 12. The molecule has 0 saturated heterocycles. The van der Waals surface area contributed by atoms with Crippen molar-refractivity contribution in [2.45, 2.75) is 0 Å². The van der Waals surface area contributed by atoms with Gasteiger partial charge >= 0.3 is 0 Å². The van der Waals surface area contributed by atoms with Crippen LogP contribution < -0.4 is 0 Å². The number of hydrogen-bond donors (Lipinski definition) is 0. The van der Waals surface area contributed by atoms with E-state index >= 15 is 0 Å². The van der Waals surface area contributed by atoms with Gasteiger partial charge in [-0.3, -0.25) is 0 Å². The Morgan fingerprint density at radius 3 is 0.941 bits per heavy atom. The molecule has 17 heavy (non-hydrogen) atoms. The van der Waals surface area contributed by atoms with Crippen molar-refractivity contribution in [3.8, 4) is 0 Å². The normalized spacial score (nSPS) is 12.0. The van der Waals surface area contributed by atoms with E-state index in [9.17, 15) is 0 Å². The second kappa shape index (κ2) is 12.1. The highest BCUT2D eigenvalue weighted by Crippen LogP contribution is 2.21. The Morgan fingerprint density at radius 1 is 0.529 bits per heavy atom. The minimum absolute atomic E-state index is 0.0738. The van der Waals surface area contributed by atoms with Gasteiger partial charge in [0.15, 0.2) is 0 Å². The lowest BCUT2D eigenvalue weighted by Gasteiger charge is -2.31. The maximum Gasteiger partial charge on any atom is 0.120 e. The summed E-state index contributed by atoms with van der Waals surface area (Å²) in [6, 6.07) is 0.295. The van der Waals surface area contributed by atoms with Crippen LogP contribution in [0.2, 0.25) is 0 Å². The van der Waals surface area contributed by atoms with Gasteiger partial charge < -0.3 is 18.9 Å². The summed E-state index contributed by atoms with van der Waals surface area (Å²) in [6.07, 6.45) is 0. The van der Waals surface area contributed by atoms with Gasteiger partial charge in [-0.25, -0.2) is 0 Å². The maximum atomic E-state index is 5.49. The van der Waals surface area contributed by atoms with Gasteiger partial charge in [0, 0.05) is 0 Å². The first-order valence-corrected chi connectivity index (χ1v) is 6.93. The average molecular weight is 330 g/mol. The largest absolute Gasteiger partial charge is 0.365 e. The summed E-state index contributed by atoms with van der Waals surface area (Å²) in [5.41, 5.74) is -0.520. The van der Waals surface area contributed by atoms with Gasteiger partial charge in [-0.1, -0.05) is 46.4 Å². The molecular weight excluding hydrogens is 314 g/mol. The lowest BCUT2D eigenvalue weighted by atomic mass is 9.92. The molecule has 0 fully saturated rings. The third kappa shape index (κ3) is 8.67. The van der Waals surface area contributed by atoms with Gasteiger partial charge in [0.05, 0.1) is 31.8 Å². The molecule has 0 unspecified atom stereocenters. The summed E-state index contributed by atoms with van der Waals surface area (Å²) >= 11 is 21.9. The molecule has 104 valence electrons. The predicted molar refractivity (Wildman–Crippen MR) is 69.1 cm³/mol. The highest BCUT2D eigenvalue weighted by molar-refractivity contribution is 6.17. The molecule has 0 atom stereocenters. The molecule has 0 aliphatic carbocycles. The lowest BCUT2D eigenvalue weighted by molar-refractivity contribution is -0.0862. The number of hydrogen-bond acceptors (Lipinski definition) is 4. The van der Waals surface area contributed by atoms with Crippen LogP contribution in [0.15, 0.2) is 0 Å². The van der Waals surface area contributed by atoms with Crippen LogP contribution in [0.25, 0.3) is 0 Å². The predicted octanol–water partition coefficient (Wildman–Crippen LogP) is 2.82. The van der Waals surface area contributed by atoms with E-state index in [-0.39, 0.29) is 24.3 Å². The van der Waals surface area contributed by atoms with E-state index in [0.29, 0.717) is 26.4 Å². The minimum atomic E-state index is -0.520. The van der Waals surface area contributed by atoms with Crippen LogP contribution >= 0.6 is 46.4 Å². The molecule has 8 heteroatoms. The van der Waals surface area contributed by atoms with E-state index in [4.69, 9.17) is 65.4 Å². The van der Waals surface area contributed by atoms with Gasteiger partial charge in [0.25, 0.3) is 0 Å². The standard InChI is InChI=1S/C9H16Cl4O4/c10-5-14-1-9(2-15-6-11,3-16-7-12)4-17-8-13/h1-8H2. The zero-order valence-electron chi connectivity index (χ0n) is 9.30. The first kappa shape index (κ1) is 18.0. The molecule has 0 spiro atoms. The molecule has 0 N–H and O–H groups in total. The molecule has 0 amide bonds. The SMILES string of the molecule is ClCOCC(COCCl)(COCCl)COCCl. The Balaban J connectivity index is 4.39. The van der Waals surface area contributed by atoms with Crippen molar-refractivity contribution in [2.24, 2.45) is 5.41 Å². The van der Waals surface area contributed by atoms with Crippen molar-refractivity contribution in [1.82, 2.24) is 0 Å². The highest BCUT2D eigenvalue weighted by atomic mass is 35.5. The minimum Gasteiger partial charge on any atom is -0.365 e. The second-order valence-corrected chi connectivity index (χ2v) is 4.20. The van der Waals surface area contributed by atoms with Gasteiger partial charge in [-0.05, 0) is 0 Å². The van der Waals surface area contributed by atoms with E-state index in [1.807, 2.05) is 0 Å². The van der Waals surface area contributed by atoms with Gasteiger partial charge in [-0.2, -0.15) is 0 Å². The quantitative estimate of drug-likeness (QED) is 0.516. The molecule has 4 nitrogen and oxygen atoms in total. The zero-order chi connectivity index (χ0) is 13.0. The fraction of sp³-hybridized carbons (Fsp3) is 1.00. The Kier molecular flexibility index (Phi) is 12.8. The summed E-state index contributed by atoms with van der Waals surface area (Å²) in [4.78, 5) is 0. The summed E-state index contributed by atoms with van der Waals surface area (Å²) in [5.74, 6) is 0. The fourth-order valence-electron chi connectivity index (χ4n) is 1.27. The van der Waals surface area contributed by atoms with Crippen LogP contribution in [0.4, 0.5) is 0 Å². The Hall–Kier alpha value is 1.00. The lowest BCUT2D eigenvalue weighted by Crippen LogP contribution is -2.41. The fourth-order valence-corrected chi connectivity index (χ4v) is 1.58. The van der Waals surface area contributed by atoms with Crippen molar-refractivity contribution < 1.29 is 18.9 Å². The average Bonchev–Trinajstić information content (AvgIpc) is 2.37. The monoisotopic (exact) mass is 328 g/mol. The van der Waals surface area contributed by atoms with Crippen molar-refractivity contribution in [3.05, 3.63) is 0 Å². The van der Waals surface area contributed by atoms with Gasteiger partial charge in [-0.15, -0.1) is 0 Å². The third-order valence-electron chi connectivity index (χ3n) is 1.94. The maximum absolute atomic E-state index is 5.49. The van der Waals surface area contributed by atoms with E-state index < -0.39 is 5.41 Å². The Morgan fingerprint density at radius 2 is 0.765 bits per heavy atom. The van der Waals surface area contributed by atoms with E-state index in [1.165, 1.54) is 0 Å². The van der Waals surface area contributed by atoms with Crippen LogP contribution in [0, 0.1) is 5.41 Å². The molecule has 0 heterocycles. The molecule has 0 rings (SSSR count). The van der Waals surface area contributed by atoms with E-state index in [1.54, 1.807) is 0 Å². The molecule has 0 aromatic carbocycles. The van der Waals surface area contributed by atoms with Crippen LogP contribution in [0.1, 0.15) is 0 Å². The number of halogens is 4. The summed E-state index contributed by atoms with van der Waals surface area (Å²) in [7, 11) is 0. The summed E-state index contributed by atoms with van der Waals surface area (Å²) < 4.78 is 20.7. The molecule has 0 aromatic heterocycles. The number of ether oxygens (including phenoxy) is 4. The molecule has 0 aromatic rings. The highest BCUT2D eigenvalue weighted by Gasteiger charge is 2.32. The third-order valence-corrected chi connectivity index (χ3v) is 2.56. The zero-order valence-corrected chi connectivity index (χ0v) is 12.3. The molecule has 0 saturated carbocycles. The van der Waals surface area contributed by atoms with Crippen molar-refractivity contribution in [1.29, 1.82) is 0 Å². The Bertz CT molecular complexity index is 136. The molecule has 0 aliphatic heterocycles. The summed E-state index contributed by atoms with van der Waals surface area (Å²) in [5, 5.41) is 0. The topological polar surface area (TPSA) is 36.9 Å². The first-order chi connectivity index (χ1) is 8.24. The molecular formula is C9H16Cl4O4. The smallest absolute Gasteiger partial charge is 0.120 e. The van der Waals surface area contributed by atoms with E-state index in [0.717, 1.165) is 0 Å². The first-order valence-electron chi connectivity index (χ1n) is 4.79. The number of alkyl halides is 4. The van der Waals surface area contributed by atoms with Crippen molar-refractivity contribution in [2.75, 3.05) is 50.7 Å². The van der Waals surface area contributed by atoms with Gasteiger partial charge in [0.1, 0.15) is 24.3 Å². The molecule has 0 bridgehead atoms. The van der Waals surface area contributed by atoms with Crippen molar-refractivity contribution >= 4 is 46.4 Å². The second-order valence-electron chi connectivity index (χ2n) is 3.33. The van der Waals surface area contributed by atoms with Crippen LogP contribution in [-0.4, -0.2) is 50.7 Å². The van der Waals surface area contributed by atoms with E-state index in [2.05, 4.69) is 0 Å². The van der Waals surface area contributed by atoms with Crippen molar-refractivity contribution in [3.63, 3.8) is 0 Å². The van der Waals surface area contributed by atoms with Crippen LogP contribution in [-0.2, 0) is 18.9 Å². The van der Waals surface area contributed by atoms with Gasteiger partial charge in [0.2, 0.25) is 0 Å². The Labute approximate surface area is 121 Å². The van der Waals surface area contributed by atoms with Crippen LogP contribution in [0.3, 0.4) is 0 Å². The summed E-state index contributed by atoms with van der Waals surface area (Å²) in [6.45, 7) is 1.23. The molecule has 0 aliphatic rings. The molecule has 0 radical (unpaired) electrons.